The summed E-state index contributed by atoms with van der Waals surface area (Å²) in [6.07, 6.45) is 1.08. The average Bonchev–Trinajstić information content (AvgIpc) is 3.01. The van der Waals surface area contributed by atoms with Crippen molar-refractivity contribution in [3.05, 3.63) is 54.1 Å². The van der Waals surface area contributed by atoms with Crippen LogP contribution in [0, 0.1) is 0 Å². The molecule has 0 amide bonds. The van der Waals surface area contributed by atoms with Gasteiger partial charge in [0.05, 0.1) is 18.9 Å². The normalized spacial score (nSPS) is 17.6. The molecule has 0 radical (unpaired) electrons. The van der Waals surface area contributed by atoms with Crippen LogP contribution < -0.4 is 10.1 Å². The number of rotatable bonds is 5. The fourth-order valence-corrected chi connectivity index (χ4v) is 2.31. The molecular formula is C17H19NO3. The van der Waals surface area contributed by atoms with Gasteiger partial charge in [0.1, 0.15) is 17.6 Å². The van der Waals surface area contributed by atoms with Crippen LogP contribution in [0.5, 0.6) is 11.5 Å². The molecule has 2 N–H and O–H groups in total. The standard InChI is InChI=1S/C17H19NO3/c19-14-7-5-13(6-8-14)11-18-16-3-1-2-4-17(16)21-15-9-10-20-12-15/h1-8,15,18-19H,9-12H2. The van der Waals surface area contributed by atoms with E-state index in [0.29, 0.717) is 13.2 Å². The molecular weight excluding hydrogens is 266 g/mol. The number of anilines is 1. The van der Waals surface area contributed by atoms with Crippen LogP contribution in [0.4, 0.5) is 5.69 Å². The molecule has 4 heteroatoms. The minimum Gasteiger partial charge on any atom is -0.508 e. The molecule has 1 unspecified atom stereocenters. The van der Waals surface area contributed by atoms with Crippen LogP contribution in [0.15, 0.2) is 48.5 Å². The van der Waals surface area contributed by atoms with E-state index >= 15 is 0 Å². The highest BCUT2D eigenvalue weighted by Gasteiger charge is 2.18. The molecule has 1 aliphatic rings. The highest BCUT2D eigenvalue weighted by molar-refractivity contribution is 5.56. The zero-order valence-corrected chi connectivity index (χ0v) is 11.8. The van der Waals surface area contributed by atoms with Crippen molar-refractivity contribution in [2.75, 3.05) is 18.5 Å². The maximum Gasteiger partial charge on any atom is 0.142 e. The van der Waals surface area contributed by atoms with Crippen molar-refractivity contribution in [2.24, 2.45) is 0 Å². The SMILES string of the molecule is Oc1ccc(CNc2ccccc2OC2CCOC2)cc1. The van der Waals surface area contributed by atoms with Crippen molar-refractivity contribution in [3.63, 3.8) is 0 Å². The van der Waals surface area contributed by atoms with Crippen LogP contribution in [0.1, 0.15) is 12.0 Å². The summed E-state index contributed by atoms with van der Waals surface area (Å²) in [5, 5.41) is 12.7. The van der Waals surface area contributed by atoms with Crippen molar-refractivity contribution in [1.29, 1.82) is 0 Å². The number of phenolic OH excluding ortho intramolecular Hbond substituents is 1. The summed E-state index contributed by atoms with van der Waals surface area (Å²) >= 11 is 0. The topological polar surface area (TPSA) is 50.7 Å². The number of benzene rings is 2. The summed E-state index contributed by atoms with van der Waals surface area (Å²) in [5.41, 5.74) is 2.07. The predicted octanol–water partition coefficient (Wildman–Crippen LogP) is 3.17. The Morgan fingerprint density at radius 2 is 1.95 bits per heavy atom. The van der Waals surface area contributed by atoms with Gasteiger partial charge in [-0.1, -0.05) is 24.3 Å². The minimum absolute atomic E-state index is 0.140. The number of hydrogen-bond acceptors (Lipinski definition) is 4. The van der Waals surface area contributed by atoms with Crippen LogP contribution in [0.3, 0.4) is 0 Å². The molecule has 1 saturated heterocycles. The smallest absolute Gasteiger partial charge is 0.142 e. The van der Waals surface area contributed by atoms with Gasteiger partial charge in [-0.25, -0.2) is 0 Å². The van der Waals surface area contributed by atoms with Gasteiger partial charge >= 0.3 is 0 Å². The zero-order chi connectivity index (χ0) is 14.5. The predicted molar refractivity (Wildman–Crippen MR) is 81.7 cm³/mol. The van der Waals surface area contributed by atoms with Crippen LogP contribution in [0.25, 0.3) is 0 Å². The van der Waals surface area contributed by atoms with Crippen molar-refractivity contribution in [2.45, 2.75) is 19.1 Å². The fraction of sp³-hybridized carbons (Fsp3) is 0.294. The van der Waals surface area contributed by atoms with Crippen LogP contribution >= 0.6 is 0 Å². The first-order chi connectivity index (χ1) is 10.3. The Labute approximate surface area is 124 Å². The van der Waals surface area contributed by atoms with Crippen molar-refractivity contribution in [1.82, 2.24) is 0 Å². The number of phenols is 1. The van der Waals surface area contributed by atoms with Crippen LogP contribution in [-0.4, -0.2) is 24.4 Å². The first-order valence-corrected chi connectivity index (χ1v) is 7.16. The van der Waals surface area contributed by atoms with E-state index in [9.17, 15) is 5.11 Å². The average molecular weight is 285 g/mol. The van der Waals surface area contributed by atoms with E-state index in [0.717, 1.165) is 30.0 Å². The summed E-state index contributed by atoms with van der Waals surface area (Å²) in [6, 6.07) is 15.1. The monoisotopic (exact) mass is 285 g/mol. The molecule has 1 fully saturated rings. The molecule has 2 aromatic rings. The maximum atomic E-state index is 9.29. The fourth-order valence-electron chi connectivity index (χ4n) is 2.31. The number of ether oxygens (including phenoxy) is 2. The minimum atomic E-state index is 0.140. The molecule has 0 aromatic heterocycles. The second-order valence-electron chi connectivity index (χ2n) is 5.12. The first kappa shape index (κ1) is 13.8. The third-order valence-electron chi connectivity index (χ3n) is 3.49. The summed E-state index contributed by atoms with van der Waals surface area (Å²) in [6.45, 7) is 2.11. The Morgan fingerprint density at radius 3 is 2.71 bits per heavy atom. The van der Waals surface area contributed by atoms with Gasteiger partial charge in [0.25, 0.3) is 0 Å². The van der Waals surface area contributed by atoms with Gasteiger partial charge in [-0.2, -0.15) is 0 Å². The highest BCUT2D eigenvalue weighted by Crippen LogP contribution is 2.27. The third-order valence-corrected chi connectivity index (χ3v) is 3.49. The molecule has 0 saturated carbocycles. The van der Waals surface area contributed by atoms with E-state index in [4.69, 9.17) is 9.47 Å². The van der Waals surface area contributed by atoms with E-state index in [2.05, 4.69) is 5.32 Å². The molecule has 1 heterocycles. The molecule has 3 rings (SSSR count). The molecule has 0 bridgehead atoms. The summed E-state index contributed by atoms with van der Waals surface area (Å²) < 4.78 is 11.3. The van der Waals surface area contributed by atoms with E-state index < -0.39 is 0 Å². The third kappa shape index (κ3) is 3.67. The van der Waals surface area contributed by atoms with E-state index in [1.54, 1.807) is 12.1 Å². The van der Waals surface area contributed by atoms with E-state index in [1.165, 1.54) is 0 Å². The highest BCUT2D eigenvalue weighted by atomic mass is 16.5. The van der Waals surface area contributed by atoms with Gasteiger partial charge in [0.15, 0.2) is 0 Å². The molecule has 4 nitrogen and oxygen atoms in total. The second-order valence-corrected chi connectivity index (χ2v) is 5.12. The van der Waals surface area contributed by atoms with Gasteiger partial charge in [0.2, 0.25) is 0 Å². The van der Waals surface area contributed by atoms with Gasteiger partial charge in [-0.05, 0) is 29.8 Å². The molecule has 0 spiro atoms. The number of para-hydroxylation sites is 2. The molecule has 110 valence electrons. The lowest BCUT2D eigenvalue weighted by Crippen LogP contribution is -2.16. The lowest BCUT2D eigenvalue weighted by molar-refractivity contribution is 0.142. The Bertz CT molecular complexity index is 577. The number of aromatic hydroxyl groups is 1. The molecule has 2 aromatic carbocycles. The summed E-state index contributed by atoms with van der Waals surface area (Å²) in [5.74, 6) is 1.13. The van der Waals surface area contributed by atoms with Crippen LogP contribution in [0.2, 0.25) is 0 Å². The molecule has 21 heavy (non-hydrogen) atoms. The molecule has 1 atom stereocenters. The number of hydrogen-bond donors (Lipinski definition) is 2. The summed E-state index contributed by atoms with van der Waals surface area (Å²) in [4.78, 5) is 0. The Morgan fingerprint density at radius 1 is 1.14 bits per heavy atom. The van der Waals surface area contributed by atoms with Gasteiger partial charge in [0, 0.05) is 13.0 Å². The van der Waals surface area contributed by atoms with E-state index in [-0.39, 0.29) is 11.9 Å². The van der Waals surface area contributed by atoms with Gasteiger partial charge in [-0.3, -0.25) is 0 Å². The van der Waals surface area contributed by atoms with Gasteiger partial charge < -0.3 is 19.9 Å². The lowest BCUT2D eigenvalue weighted by Gasteiger charge is -2.16. The molecule has 0 aliphatic carbocycles. The van der Waals surface area contributed by atoms with Crippen molar-refractivity contribution in [3.8, 4) is 11.5 Å². The van der Waals surface area contributed by atoms with Crippen molar-refractivity contribution >= 4 is 5.69 Å². The maximum absolute atomic E-state index is 9.29. The first-order valence-electron chi connectivity index (χ1n) is 7.16. The Balaban J connectivity index is 1.65. The largest absolute Gasteiger partial charge is 0.508 e. The van der Waals surface area contributed by atoms with Gasteiger partial charge in [-0.15, -0.1) is 0 Å². The van der Waals surface area contributed by atoms with E-state index in [1.807, 2.05) is 36.4 Å². The lowest BCUT2D eigenvalue weighted by atomic mass is 10.2. The number of nitrogens with one attached hydrogen (secondary N) is 1. The second kappa shape index (κ2) is 6.50. The van der Waals surface area contributed by atoms with Crippen LogP contribution in [-0.2, 0) is 11.3 Å². The zero-order valence-electron chi connectivity index (χ0n) is 11.8. The quantitative estimate of drug-likeness (QED) is 0.886. The molecule has 1 aliphatic heterocycles. The Kier molecular flexibility index (Phi) is 4.26. The Hall–Kier alpha value is -2.20. The summed E-state index contributed by atoms with van der Waals surface area (Å²) in [7, 11) is 0. The van der Waals surface area contributed by atoms with Crippen molar-refractivity contribution < 1.29 is 14.6 Å².